The Morgan fingerprint density at radius 1 is 0.950 bits per heavy atom. The molecule has 4 heteroatoms. The van der Waals surface area contributed by atoms with Crippen LogP contribution in [0, 0.1) is 0 Å². The first kappa shape index (κ1) is 12.4. The van der Waals surface area contributed by atoms with E-state index in [0.717, 1.165) is 11.1 Å². The van der Waals surface area contributed by atoms with Crippen LogP contribution in [0.5, 0.6) is 0 Å². The van der Waals surface area contributed by atoms with E-state index in [9.17, 15) is 14.7 Å². The Bertz CT molecular complexity index is 672. The Labute approximate surface area is 115 Å². The maximum Gasteiger partial charge on any atom is 0.304 e. The van der Waals surface area contributed by atoms with Crippen LogP contribution in [-0.2, 0) is 19.9 Å². The monoisotopic (exact) mass is 267 g/mol. The van der Waals surface area contributed by atoms with Crippen LogP contribution in [0.25, 0.3) is 11.1 Å². The van der Waals surface area contributed by atoms with E-state index in [0.29, 0.717) is 11.1 Å². The molecule has 0 saturated heterocycles. The predicted octanol–water partition coefficient (Wildman–Crippen LogP) is 1.22. The van der Waals surface area contributed by atoms with E-state index in [1.165, 1.54) is 6.92 Å². The van der Waals surface area contributed by atoms with Gasteiger partial charge in [-0.25, -0.2) is 0 Å². The lowest BCUT2D eigenvalue weighted by Crippen LogP contribution is -2.48. The summed E-state index contributed by atoms with van der Waals surface area (Å²) in [6.07, 6.45) is 0. The first-order valence-electron chi connectivity index (χ1n) is 6.18. The summed E-state index contributed by atoms with van der Waals surface area (Å²) in [5.74, 6) is -2.11. The molecule has 2 aromatic rings. The summed E-state index contributed by atoms with van der Waals surface area (Å²) in [4.78, 5) is 23.2. The highest BCUT2D eigenvalue weighted by Gasteiger charge is 2.47. The molecule has 0 saturated carbocycles. The van der Waals surface area contributed by atoms with E-state index in [2.05, 4.69) is 0 Å². The zero-order valence-corrected chi connectivity index (χ0v) is 10.8. The van der Waals surface area contributed by atoms with Gasteiger partial charge in [0.15, 0.2) is 0 Å². The summed E-state index contributed by atoms with van der Waals surface area (Å²) in [5, 5.41) is 11.8. The minimum absolute atomic E-state index is 0.427. The predicted molar refractivity (Wildman–Crippen MR) is 69.4 cm³/mol. The van der Waals surface area contributed by atoms with Gasteiger partial charge in [0, 0.05) is 18.1 Å². The number of hydrogen-bond acceptors (Lipinski definition) is 4. The van der Waals surface area contributed by atoms with Crippen molar-refractivity contribution in [3.05, 3.63) is 59.7 Å². The van der Waals surface area contributed by atoms with E-state index in [1.54, 1.807) is 24.3 Å². The van der Waals surface area contributed by atoms with Gasteiger partial charge in [-0.1, -0.05) is 48.5 Å². The summed E-state index contributed by atoms with van der Waals surface area (Å²) < 4.78 is 5.21. The minimum atomic E-state index is -1.86. The van der Waals surface area contributed by atoms with E-state index in [1.807, 2.05) is 24.3 Å². The number of rotatable bonds is 2. The largest absolute Gasteiger partial charge is 0.545 e. The summed E-state index contributed by atoms with van der Waals surface area (Å²) >= 11 is 0. The van der Waals surface area contributed by atoms with Crippen LogP contribution in [0.15, 0.2) is 48.5 Å². The lowest BCUT2D eigenvalue weighted by Gasteiger charge is -2.32. The van der Waals surface area contributed by atoms with Crippen molar-refractivity contribution in [1.29, 1.82) is 0 Å². The molecule has 0 aliphatic heterocycles. The smallest absolute Gasteiger partial charge is 0.304 e. The molecule has 0 unspecified atom stereocenters. The van der Waals surface area contributed by atoms with Crippen LogP contribution < -0.4 is 5.11 Å². The standard InChI is InChI=1S/C16H12O4/c1-10(17)20-16(15(18)19)13-8-4-2-6-11(13)12-7-3-5-9-14(12)16/h2-9H,1H3,(H,18,19)/p-1. The second kappa shape index (κ2) is 4.20. The molecular formula is C16H11O4-. The number of ether oxygens (including phenoxy) is 1. The van der Waals surface area contributed by atoms with Gasteiger partial charge in [-0.2, -0.15) is 0 Å². The molecule has 0 fully saturated rings. The quantitative estimate of drug-likeness (QED) is 0.767. The van der Waals surface area contributed by atoms with Crippen LogP contribution in [0.4, 0.5) is 0 Å². The number of carbonyl (C=O) groups excluding carboxylic acids is 2. The van der Waals surface area contributed by atoms with Crippen molar-refractivity contribution in [2.45, 2.75) is 12.5 Å². The second-order valence-electron chi connectivity index (χ2n) is 4.65. The van der Waals surface area contributed by atoms with E-state index in [4.69, 9.17) is 4.74 Å². The topological polar surface area (TPSA) is 66.4 Å². The Balaban J connectivity index is 2.39. The van der Waals surface area contributed by atoms with Crippen LogP contribution in [-0.4, -0.2) is 11.9 Å². The van der Waals surface area contributed by atoms with Crippen molar-refractivity contribution in [1.82, 2.24) is 0 Å². The second-order valence-corrected chi connectivity index (χ2v) is 4.65. The van der Waals surface area contributed by atoms with Crippen LogP contribution in [0.3, 0.4) is 0 Å². The molecule has 2 aromatic carbocycles. The highest BCUT2D eigenvalue weighted by molar-refractivity contribution is 5.96. The number of aliphatic carboxylic acids is 1. The first-order chi connectivity index (χ1) is 9.57. The zero-order valence-electron chi connectivity index (χ0n) is 10.8. The minimum Gasteiger partial charge on any atom is -0.545 e. The summed E-state index contributed by atoms with van der Waals surface area (Å²) in [5.41, 5.74) is 0.480. The number of carboxylic acid groups (broad SMARTS) is 1. The third kappa shape index (κ3) is 1.48. The molecule has 0 heterocycles. The highest BCUT2D eigenvalue weighted by Crippen LogP contribution is 2.49. The van der Waals surface area contributed by atoms with Gasteiger partial charge >= 0.3 is 5.97 Å². The average Bonchev–Trinajstić information content (AvgIpc) is 2.71. The molecule has 0 N–H and O–H groups in total. The Morgan fingerprint density at radius 2 is 1.40 bits per heavy atom. The summed E-state index contributed by atoms with van der Waals surface area (Å²) in [6, 6.07) is 14.0. The third-order valence-electron chi connectivity index (χ3n) is 3.49. The summed E-state index contributed by atoms with van der Waals surface area (Å²) in [7, 11) is 0. The van der Waals surface area contributed by atoms with Crippen molar-refractivity contribution in [3.8, 4) is 11.1 Å². The fraction of sp³-hybridized carbons (Fsp3) is 0.125. The molecule has 0 amide bonds. The molecule has 0 aromatic heterocycles. The lowest BCUT2D eigenvalue weighted by molar-refractivity contribution is -0.323. The van der Waals surface area contributed by atoms with E-state index in [-0.39, 0.29) is 0 Å². The van der Waals surface area contributed by atoms with Gasteiger partial charge in [-0.3, -0.25) is 4.79 Å². The van der Waals surface area contributed by atoms with Crippen molar-refractivity contribution >= 4 is 11.9 Å². The summed E-state index contributed by atoms with van der Waals surface area (Å²) in [6.45, 7) is 1.19. The molecule has 0 bridgehead atoms. The Morgan fingerprint density at radius 3 is 1.80 bits per heavy atom. The molecule has 0 atom stereocenters. The maximum absolute atomic E-state index is 11.8. The molecule has 0 spiro atoms. The number of fused-ring (bicyclic) bond motifs is 3. The SMILES string of the molecule is CC(=O)OC1(C(=O)[O-])c2ccccc2-c2ccccc21. The molecule has 100 valence electrons. The van der Waals surface area contributed by atoms with Crippen molar-refractivity contribution in [2.75, 3.05) is 0 Å². The van der Waals surface area contributed by atoms with Gasteiger partial charge < -0.3 is 14.6 Å². The Kier molecular flexibility index (Phi) is 2.61. The number of esters is 1. The van der Waals surface area contributed by atoms with Crippen molar-refractivity contribution in [3.63, 3.8) is 0 Å². The fourth-order valence-corrected chi connectivity index (χ4v) is 2.78. The number of benzene rings is 2. The fourth-order valence-electron chi connectivity index (χ4n) is 2.78. The van der Waals surface area contributed by atoms with Gasteiger partial charge in [-0.05, 0) is 11.1 Å². The van der Waals surface area contributed by atoms with Gasteiger partial charge in [0.1, 0.15) is 0 Å². The molecule has 0 radical (unpaired) electrons. The van der Waals surface area contributed by atoms with Crippen LogP contribution in [0.1, 0.15) is 18.1 Å². The Hall–Kier alpha value is -2.62. The van der Waals surface area contributed by atoms with Gasteiger partial charge in [-0.15, -0.1) is 0 Å². The average molecular weight is 267 g/mol. The molecule has 3 rings (SSSR count). The first-order valence-corrected chi connectivity index (χ1v) is 6.18. The molecule has 20 heavy (non-hydrogen) atoms. The number of hydrogen-bond donors (Lipinski definition) is 0. The third-order valence-corrected chi connectivity index (χ3v) is 3.49. The zero-order chi connectivity index (χ0) is 14.3. The highest BCUT2D eigenvalue weighted by atomic mass is 16.6. The maximum atomic E-state index is 11.8. The van der Waals surface area contributed by atoms with Crippen LogP contribution >= 0.6 is 0 Å². The van der Waals surface area contributed by atoms with Gasteiger partial charge in [0.2, 0.25) is 5.60 Å². The van der Waals surface area contributed by atoms with Crippen molar-refractivity contribution in [2.24, 2.45) is 0 Å². The van der Waals surface area contributed by atoms with Gasteiger partial charge in [0.05, 0.1) is 5.97 Å². The molecule has 1 aliphatic carbocycles. The molecule has 1 aliphatic rings. The molecule has 4 nitrogen and oxygen atoms in total. The van der Waals surface area contributed by atoms with Crippen molar-refractivity contribution < 1.29 is 19.4 Å². The number of carbonyl (C=O) groups is 2. The van der Waals surface area contributed by atoms with Crippen LogP contribution in [0.2, 0.25) is 0 Å². The van der Waals surface area contributed by atoms with E-state index >= 15 is 0 Å². The van der Waals surface area contributed by atoms with Gasteiger partial charge in [0.25, 0.3) is 0 Å². The molecular weight excluding hydrogens is 256 g/mol. The van der Waals surface area contributed by atoms with E-state index < -0.39 is 17.5 Å². The lowest BCUT2D eigenvalue weighted by atomic mass is 9.91. The normalized spacial score (nSPS) is 14.2. The number of carboxylic acids is 1.